The van der Waals surface area contributed by atoms with Crippen molar-refractivity contribution in [1.82, 2.24) is 25.2 Å². The van der Waals surface area contributed by atoms with Gasteiger partial charge in [0.1, 0.15) is 6.33 Å². The van der Waals surface area contributed by atoms with Crippen LogP contribution in [0.25, 0.3) is 27.8 Å². The van der Waals surface area contributed by atoms with Gasteiger partial charge in [-0.1, -0.05) is 48.5 Å². The lowest BCUT2D eigenvalue weighted by molar-refractivity contribution is 0.0475. The van der Waals surface area contributed by atoms with Crippen molar-refractivity contribution < 1.29 is 14.3 Å². The van der Waals surface area contributed by atoms with Crippen molar-refractivity contribution in [3.63, 3.8) is 0 Å². The van der Waals surface area contributed by atoms with Crippen LogP contribution in [0.5, 0.6) is 0 Å². The summed E-state index contributed by atoms with van der Waals surface area (Å²) < 4.78 is 6.81. The monoisotopic (exact) mass is 423 g/mol. The molecule has 0 aliphatic rings. The number of ketones is 1. The number of hydrogen-bond donors (Lipinski definition) is 1. The second-order valence-electron chi connectivity index (χ2n) is 7.09. The Labute approximate surface area is 182 Å². The summed E-state index contributed by atoms with van der Waals surface area (Å²) in [4.78, 5) is 29.0. The predicted octanol–water partition coefficient (Wildman–Crippen LogP) is 3.85. The van der Waals surface area contributed by atoms with Crippen LogP contribution < -0.4 is 0 Å². The van der Waals surface area contributed by atoms with E-state index < -0.39 is 5.97 Å². The molecule has 0 atom stereocenters. The third-order valence-corrected chi connectivity index (χ3v) is 5.10. The van der Waals surface area contributed by atoms with Crippen LogP contribution in [-0.2, 0) is 4.74 Å². The Hall–Kier alpha value is -4.59. The largest absolute Gasteiger partial charge is 0.454 e. The van der Waals surface area contributed by atoms with Crippen molar-refractivity contribution in [2.24, 2.45) is 0 Å². The molecule has 0 unspecified atom stereocenters. The zero-order chi connectivity index (χ0) is 21.9. The van der Waals surface area contributed by atoms with Crippen molar-refractivity contribution in [2.45, 2.75) is 0 Å². The van der Waals surface area contributed by atoms with E-state index in [1.165, 1.54) is 11.0 Å². The van der Waals surface area contributed by atoms with Crippen LogP contribution in [0.2, 0.25) is 0 Å². The highest BCUT2D eigenvalue weighted by molar-refractivity contribution is 6.14. The Morgan fingerprint density at radius 1 is 0.906 bits per heavy atom. The number of aromatic nitrogens is 5. The number of esters is 1. The summed E-state index contributed by atoms with van der Waals surface area (Å²) >= 11 is 0. The quantitative estimate of drug-likeness (QED) is 0.329. The second-order valence-corrected chi connectivity index (χ2v) is 7.09. The van der Waals surface area contributed by atoms with Gasteiger partial charge in [-0.05, 0) is 46.3 Å². The number of nitrogens with one attached hydrogen (secondary N) is 1. The molecule has 3 aromatic carbocycles. The summed E-state index contributed by atoms with van der Waals surface area (Å²) in [6.07, 6.45) is 1.46. The molecule has 0 fully saturated rings. The number of nitrogens with zero attached hydrogens (tertiary/aromatic N) is 4. The van der Waals surface area contributed by atoms with Crippen LogP contribution >= 0.6 is 0 Å². The van der Waals surface area contributed by atoms with Crippen molar-refractivity contribution in [2.75, 3.05) is 6.61 Å². The third-order valence-electron chi connectivity index (χ3n) is 5.10. The van der Waals surface area contributed by atoms with Gasteiger partial charge in [0.15, 0.2) is 6.61 Å². The molecule has 32 heavy (non-hydrogen) atoms. The first kappa shape index (κ1) is 19.4. The molecule has 5 aromatic rings. The number of benzene rings is 3. The molecule has 2 aromatic heterocycles. The van der Waals surface area contributed by atoms with Crippen molar-refractivity contribution in [3.8, 4) is 16.9 Å². The van der Waals surface area contributed by atoms with E-state index in [2.05, 4.69) is 20.5 Å². The standard InChI is InChI=1S/C24H17N5O3/c30-21(14-32-24(31)17-10-12-18(13-11-17)29-15-25-27-28-29)22-19-8-4-5-9-20(19)26-23(22)16-6-2-1-3-7-16/h1-13,15,26H,14H2. The van der Waals surface area contributed by atoms with Gasteiger partial charge in [-0.15, -0.1) is 5.10 Å². The van der Waals surface area contributed by atoms with Crippen LogP contribution in [0.15, 0.2) is 85.2 Å². The third kappa shape index (κ3) is 3.65. The zero-order valence-electron chi connectivity index (χ0n) is 16.8. The highest BCUT2D eigenvalue weighted by atomic mass is 16.5. The molecule has 8 nitrogen and oxygen atoms in total. The summed E-state index contributed by atoms with van der Waals surface area (Å²) in [5, 5.41) is 11.7. The Morgan fingerprint density at radius 3 is 2.41 bits per heavy atom. The Morgan fingerprint density at radius 2 is 1.66 bits per heavy atom. The summed E-state index contributed by atoms with van der Waals surface area (Å²) in [6.45, 7) is -0.366. The first-order valence-electron chi connectivity index (χ1n) is 9.90. The van der Waals surface area contributed by atoms with E-state index in [0.717, 1.165) is 16.5 Å². The molecule has 0 radical (unpaired) electrons. The molecule has 8 heteroatoms. The van der Waals surface area contributed by atoms with Crippen LogP contribution in [0.3, 0.4) is 0 Å². The summed E-state index contributed by atoms with van der Waals surface area (Å²) in [5.74, 6) is -0.859. The molecule has 0 spiro atoms. The number of carbonyl (C=O) groups is 2. The average Bonchev–Trinajstić information content (AvgIpc) is 3.51. The van der Waals surface area contributed by atoms with Crippen molar-refractivity contribution >= 4 is 22.7 Å². The number of fused-ring (bicyclic) bond motifs is 1. The summed E-state index contributed by atoms with van der Waals surface area (Å²) in [7, 11) is 0. The molecule has 0 aliphatic heterocycles. The minimum absolute atomic E-state index is 0.278. The van der Waals surface area contributed by atoms with Crippen LogP contribution in [0, 0.1) is 0 Å². The molecule has 0 saturated carbocycles. The number of para-hydroxylation sites is 1. The lowest BCUT2D eigenvalue weighted by atomic mass is 10.0. The molecule has 1 N–H and O–H groups in total. The van der Waals surface area contributed by atoms with Gasteiger partial charge in [-0.25, -0.2) is 9.48 Å². The van der Waals surface area contributed by atoms with Gasteiger partial charge in [0.25, 0.3) is 0 Å². The predicted molar refractivity (Wildman–Crippen MR) is 118 cm³/mol. The van der Waals surface area contributed by atoms with Crippen molar-refractivity contribution in [1.29, 1.82) is 0 Å². The van der Waals surface area contributed by atoms with Crippen LogP contribution in [0.4, 0.5) is 0 Å². The highest BCUT2D eigenvalue weighted by Crippen LogP contribution is 2.30. The lowest BCUT2D eigenvalue weighted by Gasteiger charge is -2.07. The number of hydrogen-bond acceptors (Lipinski definition) is 6. The maximum absolute atomic E-state index is 13.1. The molecular formula is C24H17N5O3. The molecule has 0 bridgehead atoms. The van der Waals surface area contributed by atoms with Gasteiger partial charge in [-0.3, -0.25) is 4.79 Å². The number of ether oxygens (including phenoxy) is 1. The fourth-order valence-corrected chi connectivity index (χ4v) is 3.57. The number of Topliss-reactive ketones (excluding diaryl/α,β-unsaturated/α-hetero) is 1. The number of carbonyl (C=O) groups excluding carboxylic acids is 2. The molecule has 0 saturated heterocycles. The van der Waals surface area contributed by atoms with Crippen LogP contribution in [0.1, 0.15) is 20.7 Å². The van der Waals surface area contributed by atoms with Gasteiger partial charge in [0.05, 0.1) is 22.5 Å². The first-order valence-corrected chi connectivity index (χ1v) is 9.90. The van der Waals surface area contributed by atoms with Gasteiger partial charge in [-0.2, -0.15) is 0 Å². The highest BCUT2D eigenvalue weighted by Gasteiger charge is 2.21. The van der Waals surface area contributed by atoms with E-state index >= 15 is 0 Å². The van der Waals surface area contributed by atoms with E-state index in [9.17, 15) is 9.59 Å². The molecular weight excluding hydrogens is 406 g/mol. The van der Waals surface area contributed by atoms with E-state index in [-0.39, 0.29) is 12.4 Å². The van der Waals surface area contributed by atoms with Gasteiger partial charge in [0.2, 0.25) is 5.78 Å². The average molecular weight is 423 g/mol. The first-order chi connectivity index (χ1) is 15.7. The van der Waals surface area contributed by atoms with E-state index in [1.807, 2.05) is 54.6 Å². The van der Waals surface area contributed by atoms with Gasteiger partial charge >= 0.3 is 5.97 Å². The van der Waals surface area contributed by atoms with Crippen molar-refractivity contribution in [3.05, 3.63) is 96.3 Å². The number of aromatic amines is 1. The minimum Gasteiger partial charge on any atom is -0.454 e. The molecule has 0 aliphatic carbocycles. The molecule has 2 heterocycles. The SMILES string of the molecule is O=C(OCC(=O)c1c(-c2ccccc2)[nH]c2ccccc12)c1ccc(-n2cnnn2)cc1. The topological polar surface area (TPSA) is 103 Å². The van der Waals surface area contributed by atoms with E-state index in [1.54, 1.807) is 24.3 Å². The zero-order valence-corrected chi connectivity index (χ0v) is 16.8. The molecule has 0 amide bonds. The van der Waals surface area contributed by atoms with Crippen LogP contribution in [-0.4, -0.2) is 43.6 Å². The second kappa shape index (κ2) is 8.27. The van der Waals surface area contributed by atoms with Gasteiger partial charge in [0, 0.05) is 10.9 Å². The fourth-order valence-electron chi connectivity index (χ4n) is 3.57. The normalized spacial score (nSPS) is 10.9. The number of tetrazole rings is 1. The Balaban J connectivity index is 1.37. The number of H-pyrrole nitrogens is 1. The lowest BCUT2D eigenvalue weighted by Crippen LogP contribution is -2.15. The Bertz CT molecular complexity index is 1390. The fraction of sp³-hybridized carbons (Fsp3) is 0.0417. The summed E-state index contributed by atoms with van der Waals surface area (Å²) in [6, 6.07) is 23.8. The maximum atomic E-state index is 13.1. The Kier molecular flexibility index (Phi) is 5.01. The van der Waals surface area contributed by atoms with Gasteiger partial charge < -0.3 is 9.72 Å². The smallest absolute Gasteiger partial charge is 0.338 e. The van der Waals surface area contributed by atoms with E-state index in [0.29, 0.717) is 22.5 Å². The minimum atomic E-state index is -0.581. The molecule has 156 valence electrons. The number of rotatable bonds is 6. The maximum Gasteiger partial charge on any atom is 0.338 e. The van der Waals surface area contributed by atoms with E-state index in [4.69, 9.17) is 4.74 Å². The summed E-state index contributed by atoms with van der Waals surface area (Å²) in [5.41, 5.74) is 3.98. The molecule has 5 rings (SSSR count).